The number of fused-ring (bicyclic) bond motifs is 1. The third kappa shape index (κ3) is 2.92. The Bertz CT molecular complexity index is 843. The monoisotopic (exact) mass is 322 g/mol. The van der Waals surface area contributed by atoms with E-state index in [0.717, 1.165) is 10.9 Å². The normalized spacial score (nSPS) is 11.4. The summed E-state index contributed by atoms with van der Waals surface area (Å²) in [6.45, 7) is 8.15. The van der Waals surface area contributed by atoms with E-state index in [1.165, 1.54) is 0 Å². The molecule has 3 aromatic rings. The summed E-state index contributed by atoms with van der Waals surface area (Å²) in [6, 6.07) is 13.5. The molecule has 0 unspecified atom stereocenters. The fraction of sp³-hybridized carbons (Fsp3) is 0.300. The average Bonchev–Trinajstić information content (AvgIpc) is 3.07. The summed E-state index contributed by atoms with van der Waals surface area (Å²) in [5.74, 6) is 0.682. The Morgan fingerprint density at radius 1 is 1.04 bits per heavy atom. The second kappa shape index (κ2) is 6.48. The predicted molar refractivity (Wildman–Crippen MR) is 95.9 cm³/mol. The van der Waals surface area contributed by atoms with Crippen LogP contribution in [-0.4, -0.2) is 27.9 Å². The molecule has 124 valence electrons. The maximum Gasteiger partial charge on any atom is 0.255 e. The largest absolute Gasteiger partial charge is 0.463 e. The minimum atomic E-state index is 0.0198. The molecular formula is C20H22N2O2. The van der Waals surface area contributed by atoms with Gasteiger partial charge in [0.1, 0.15) is 5.69 Å². The van der Waals surface area contributed by atoms with Crippen molar-refractivity contribution in [1.29, 1.82) is 0 Å². The Balaban J connectivity index is 2.20. The van der Waals surface area contributed by atoms with Crippen LogP contribution in [0.3, 0.4) is 0 Å². The molecule has 0 radical (unpaired) electrons. The van der Waals surface area contributed by atoms with Gasteiger partial charge in [-0.15, -0.1) is 0 Å². The predicted octanol–water partition coefficient (Wildman–Crippen LogP) is 4.75. The molecule has 0 aliphatic heterocycles. The quantitative estimate of drug-likeness (QED) is 0.696. The van der Waals surface area contributed by atoms with E-state index in [0.29, 0.717) is 17.0 Å². The van der Waals surface area contributed by atoms with Crippen LogP contribution in [0.5, 0.6) is 0 Å². The molecule has 0 bridgehead atoms. The molecule has 0 spiro atoms. The molecule has 2 heterocycles. The van der Waals surface area contributed by atoms with Crippen molar-refractivity contribution < 1.29 is 9.21 Å². The number of hydrogen-bond donors (Lipinski definition) is 0. The molecule has 4 heteroatoms. The highest BCUT2D eigenvalue weighted by atomic mass is 16.3. The molecule has 1 amide bonds. The van der Waals surface area contributed by atoms with Crippen molar-refractivity contribution in [3.63, 3.8) is 0 Å². The van der Waals surface area contributed by atoms with E-state index in [1.807, 2.05) is 75.1 Å². The van der Waals surface area contributed by atoms with Crippen molar-refractivity contribution >= 4 is 16.8 Å². The second-order valence-electron chi connectivity index (χ2n) is 6.45. The van der Waals surface area contributed by atoms with Crippen LogP contribution in [-0.2, 0) is 0 Å². The van der Waals surface area contributed by atoms with Gasteiger partial charge in [0, 0.05) is 17.5 Å². The smallest absolute Gasteiger partial charge is 0.255 e. The molecular weight excluding hydrogens is 300 g/mol. The molecule has 0 saturated heterocycles. The van der Waals surface area contributed by atoms with E-state index in [2.05, 4.69) is 4.98 Å². The standard InChI is InChI=1S/C20H22N2O2/c1-13(2)22(14(3)4)20(23)16-12-18(19-10-7-11-24-19)21-17-9-6-5-8-15(16)17/h5-14H,1-4H3. The summed E-state index contributed by atoms with van der Waals surface area (Å²) in [5.41, 5.74) is 2.13. The zero-order valence-corrected chi connectivity index (χ0v) is 14.5. The minimum Gasteiger partial charge on any atom is -0.463 e. The van der Waals surface area contributed by atoms with Gasteiger partial charge >= 0.3 is 0 Å². The van der Waals surface area contributed by atoms with E-state index >= 15 is 0 Å². The van der Waals surface area contributed by atoms with Gasteiger partial charge in [0.15, 0.2) is 5.76 Å². The van der Waals surface area contributed by atoms with E-state index in [4.69, 9.17) is 4.42 Å². The van der Waals surface area contributed by atoms with Crippen LogP contribution < -0.4 is 0 Å². The third-order valence-electron chi connectivity index (χ3n) is 4.07. The van der Waals surface area contributed by atoms with Gasteiger partial charge < -0.3 is 9.32 Å². The zero-order chi connectivity index (χ0) is 17.3. The van der Waals surface area contributed by atoms with Gasteiger partial charge in [-0.25, -0.2) is 4.98 Å². The highest BCUT2D eigenvalue weighted by molar-refractivity contribution is 6.07. The topological polar surface area (TPSA) is 46.3 Å². The van der Waals surface area contributed by atoms with Crippen LogP contribution in [0.25, 0.3) is 22.4 Å². The maximum absolute atomic E-state index is 13.2. The Hall–Kier alpha value is -2.62. The highest BCUT2D eigenvalue weighted by Gasteiger charge is 2.24. The van der Waals surface area contributed by atoms with E-state index in [-0.39, 0.29) is 18.0 Å². The number of rotatable bonds is 4. The number of benzene rings is 1. The Kier molecular flexibility index (Phi) is 4.38. The van der Waals surface area contributed by atoms with Crippen molar-refractivity contribution in [3.05, 3.63) is 54.3 Å². The van der Waals surface area contributed by atoms with Gasteiger partial charge in [0.2, 0.25) is 0 Å². The third-order valence-corrected chi connectivity index (χ3v) is 4.07. The summed E-state index contributed by atoms with van der Waals surface area (Å²) in [5, 5.41) is 0.865. The number of para-hydroxylation sites is 1. The SMILES string of the molecule is CC(C)N(C(=O)c1cc(-c2ccco2)nc2ccccc12)C(C)C. The van der Waals surface area contributed by atoms with Gasteiger partial charge in [-0.3, -0.25) is 4.79 Å². The van der Waals surface area contributed by atoms with Crippen molar-refractivity contribution in [2.24, 2.45) is 0 Å². The van der Waals surface area contributed by atoms with Gasteiger partial charge in [0.25, 0.3) is 5.91 Å². The molecule has 1 aromatic carbocycles. The zero-order valence-electron chi connectivity index (χ0n) is 14.5. The molecule has 24 heavy (non-hydrogen) atoms. The van der Waals surface area contributed by atoms with Crippen LogP contribution >= 0.6 is 0 Å². The van der Waals surface area contributed by atoms with Gasteiger partial charge in [-0.1, -0.05) is 18.2 Å². The molecule has 3 rings (SSSR count). The molecule has 0 atom stereocenters. The van der Waals surface area contributed by atoms with Crippen LogP contribution in [0.4, 0.5) is 0 Å². The molecule has 0 N–H and O–H groups in total. The summed E-state index contributed by atoms with van der Waals surface area (Å²) >= 11 is 0. The second-order valence-corrected chi connectivity index (χ2v) is 6.45. The summed E-state index contributed by atoms with van der Waals surface area (Å²) in [4.78, 5) is 19.8. The van der Waals surface area contributed by atoms with Crippen LogP contribution in [0.1, 0.15) is 38.1 Å². The lowest BCUT2D eigenvalue weighted by Gasteiger charge is -2.31. The molecule has 0 aliphatic carbocycles. The number of hydrogen-bond acceptors (Lipinski definition) is 3. The lowest BCUT2D eigenvalue weighted by Crippen LogP contribution is -2.42. The van der Waals surface area contributed by atoms with Gasteiger partial charge in [0.05, 0.1) is 17.3 Å². The fourth-order valence-corrected chi connectivity index (χ4v) is 3.11. The maximum atomic E-state index is 13.2. The number of furan rings is 1. The van der Waals surface area contributed by atoms with Gasteiger partial charge in [-0.2, -0.15) is 0 Å². The number of carbonyl (C=O) groups is 1. The highest BCUT2D eigenvalue weighted by Crippen LogP contribution is 2.27. The summed E-state index contributed by atoms with van der Waals surface area (Å²) in [6.07, 6.45) is 1.61. The first-order chi connectivity index (χ1) is 11.5. The Morgan fingerprint density at radius 3 is 2.38 bits per heavy atom. The van der Waals surface area contributed by atoms with Crippen molar-refractivity contribution in [2.75, 3.05) is 0 Å². The molecule has 2 aromatic heterocycles. The van der Waals surface area contributed by atoms with Gasteiger partial charge in [-0.05, 0) is 52.0 Å². The molecule has 0 fully saturated rings. The molecule has 0 saturated carbocycles. The number of amides is 1. The van der Waals surface area contributed by atoms with E-state index < -0.39 is 0 Å². The lowest BCUT2D eigenvalue weighted by atomic mass is 10.0. The number of pyridine rings is 1. The van der Waals surface area contributed by atoms with Crippen molar-refractivity contribution in [1.82, 2.24) is 9.88 Å². The Morgan fingerprint density at radius 2 is 1.75 bits per heavy atom. The van der Waals surface area contributed by atoms with Crippen LogP contribution in [0.15, 0.2) is 53.1 Å². The van der Waals surface area contributed by atoms with Crippen molar-refractivity contribution in [2.45, 2.75) is 39.8 Å². The number of nitrogens with zero attached hydrogens (tertiary/aromatic N) is 2. The van der Waals surface area contributed by atoms with Crippen molar-refractivity contribution in [3.8, 4) is 11.5 Å². The first-order valence-corrected chi connectivity index (χ1v) is 8.25. The Labute approximate surface area is 142 Å². The fourth-order valence-electron chi connectivity index (χ4n) is 3.11. The first-order valence-electron chi connectivity index (χ1n) is 8.25. The van der Waals surface area contributed by atoms with E-state index in [1.54, 1.807) is 6.26 Å². The minimum absolute atomic E-state index is 0.0198. The summed E-state index contributed by atoms with van der Waals surface area (Å²) < 4.78 is 5.47. The van der Waals surface area contributed by atoms with Crippen LogP contribution in [0.2, 0.25) is 0 Å². The first kappa shape index (κ1) is 16.2. The molecule has 0 aliphatic rings. The van der Waals surface area contributed by atoms with E-state index in [9.17, 15) is 4.79 Å². The van der Waals surface area contributed by atoms with Crippen LogP contribution in [0, 0.1) is 0 Å². The lowest BCUT2D eigenvalue weighted by molar-refractivity contribution is 0.0646. The number of carbonyl (C=O) groups excluding carboxylic acids is 1. The number of aromatic nitrogens is 1. The average molecular weight is 322 g/mol. The summed E-state index contributed by atoms with van der Waals surface area (Å²) in [7, 11) is 0. The molecule has 4 nitrogen and oxygen atoms in total.